The molecule has 0 aromatic heterocycles. The fourth-order valence-electron chi connectivity index (χ4n) is 1.95. The average molecular weight is 222 g/mol. The largest absolute Gasteiger partial charge is 0.373 e. The molecule has 1 aromatic carbocycles. The van der Waals surface area contributed by atoms with Crippen LogP contribution in [0, 0.1) is 11.7 Å². The molecule has 0 aliphatic heterocycles. The first-order chi connectivity index (χ1) is 7.66. The van der Waals surface area contributed by atoms with Crippen LogP contribution in [0.1, 0.15) is 19.3 Å². The third-order valence-electron chi connectivity index (χ3n) is 3.07. The van der Waals surface area contributed by atoms with Crippen molar-refractivity contribution < 1.29 is 9.18 Å². The fraction of sp³-hybridized carbons (Fsp3) is 0.417. The van der Waals surface area contributed by atoms with Crippen LogP contribution in [0.5, 0.6) is 0 Å². The predicted molar refractivity (Wildman–Crippen MR) is 60.3 cm³/mol. The lowest BCUT2D eigenvalue weighted by Crippen LogP contribution is -2.44. The van der Waals surface area contributed by atoms with Crippen molar-refractivity contribution in [3.8, 4) is 0 Å². The molecular formula is C12H15FN2O. The van der Waals surface area contributed by atoms with Gasteiger partial charge in [-0.05, 0) is 37.0 Å². The summed E-state index contributed by atoms with van der Waals surface area (Å²) in [6.45, 7) is 0. The van der Waals surface area contributed by atoms with E-state index < -0.39 is 0 Å². The van der Waals surface area contributed by atoms with E-state index in [1.54, 1.807) is 12.1 Å². The zero-order valence-electron chi connectivity index (χ0n) is 8.95. The van der Waals surface area contributed by atoms with Gasteiger partial charge < -0.3 is 11.1 Å². The van der Waals surface area contributed by atoms with Crippen molar-refractivity contribution in [2.45, 2.75) is 25.3 Å². The summed E-state index contributed by atoms with van der Waals surface area (Å²) >= 11 is 0. The Morgan fingerprint density at radius 2 is 2.25 bits per heavy atom. The zero-order chi connectivity index (χ0) is 11.5. The maximum Gasteiger partial charge on any atom is 0.240 e. The van der Waals surface area contributed by atoms with Crippen molar-refractivity contribution in [3.05, 3.63) is 30.1 Å². The Labute approximate surface area is 93.8 Å². The molecule has 1 aliphatic carbocycles. The molecule has 0 bridgehead atoms. The van der Waals surface area contributed by atoms with Crippen LogP contribution in [-0.2, 0) is 4.79 Å². The van der Waals surface area contributed by atoms with E-state index in [0.717, 1.165) is 19.3 Å². The monoisotopic (exact) mass is 222 g/mol. The van der Waals surface area contributed by atoms with Crippen LogP contribution in [0.15, 0.2) is 24.3 Å². The Kier molecular flexibility index (Phi) is 3.08. The lowest BCUT2D eigenvalue weighted by molar-refractivity contribution is -0.120. The summed E-state index contributed by atoms with van der Waals surface area (Å²) in [6, 6.07) is 5.70. The van der Waals surface area contributed by atoms with E-state index in [-0.39, 0.29) is 17.8 Å². The highest BCUT2D eigenvalue weighted by Crippen LogP contribution is 2.31. The molecule has 3 nitrogen and oxygen atoms in total. The fourth-order valence-corrected chi connectivity index (χ4v) is 1.95. The smallest absolute Gasteiger partial charge is 0.240 e. The molecule has 0 saturated heterocycles. The number of benzene rings is 1. The van der Waals surface area contributed by atoms with Gasteiger partial charge in [0.15, 0.2) is 0 Å². The van der Waals surface area contributed by atoms with E-state index in [1.807, 2.05) is 0 Å². The highest BCUT2D eigenvalue weighted by molar-refractivity contribution is 5.83. The van der Waals surface area contributed by atoms with Gasteiger partial charge in [0, 0.05) is 5.69 Å². The van der Waals surface area contributed by atoms with Gasteiger partial charge in [-0.15, -0.1) is 0 Å². The molecule has 1 aliphatic rings. The molecule has 1 saturated carbocycles. The molecule has 0 spiro atoms. The van der Waals surface area contributed by atoms with Crippen LogP contribution in [0.2, 0.25) is 0 Å². The summed E-state index contributed by atoms with van der Waals surface area (Å²) in [6.07, 6.45) is 3.16. The number of nitrogens with two attached hydrogens (primary N) is 1. The van der Waals surface area contributed by atoms with Gasteiger partial charge in [0.2, 0.25) is 5.91 Å². The summed E-state index contributed by atoms with van der Waals surface area (Å²) in [5.41, 5.74) is 5.94. The van der Waals surface area contributed by atoms with E-state index in [9.17, 15) is 9.18 Å². The lowest BCUT2D eigenvalue weighted by Gasteiger charge is -2.32. The molecular weight excluding hydrogens is 207 g/mol. The molecule has 2 rings (SSSR count). The second kappa shape index (κ2) is 4.51. The Balaban J connectivity index is 2.07. The van der Waals surface area contributed by atoms with Crippen molar-refractivity contribution in [1.82, 2.24) is 0 Å². The molecule has 1 fully saturated rings. The number of carbonyl (C=O) groups is 1. The third-order valence-corrected chi connectivity index (χ3v) is 3.07. The van der Waals surface area contributed by atoms with E-state index >= 15 is 0 Å². The van der Waals surface area contributed by atoms with Crippen LogP contribution in [0.3, 0.4) is 0 Å². The van der Waals surface area contributed by atoms with Crippen molar-refractivity contribution in [2.24, 2.45) is 11.7 Å². The normalized spacial score (nSPS) is 17.6. The number of primary amides is 1. The second-order valence-corrected chi connectivity index (χ2v) is 4.23. The number of amides is 1. The van der Waals surface area contributed by atoms with Gasteiger partial charge in [0.25, 0.3) is 0 Å². The number of hydrogen-bond acceptors (Lipinski definition) is 2. The minimum atomic E-state index is -0.379. The molecule has 4 heteroatoms. The Morgan fingerprint density at radius 1 is 1.50 bits per heavy atom. The quantitative estimate of drug-likeness (QED) is 0.817. The maximum absolute atomic E-state index is 13.0. The van der Waals surface area contributed by atoms with Crippen LogP contribution < -0.4 is 11.1 Å². The SMILES string of the molecule is NC(=O)C(Nc1cccc(F)c1)C1CCC1. The molecule has 16 heavy (non-hydrogen) atoms. The van der Waals surface area contributed by atoms with Crippen LogP contribution in [0.4, 0.5) is 10.1 Å². The van der Waals surface area contributed by atoms with Crippen LogP contribution >= 0.6 is 0 Å². The molecule has 0 radical (unpaired) electrons. The van der Waals surface area contributed by atoms with Gasteiger partial charge >= 0.3 is 0 Å². The van der Waals surface area contributed by atoms with Crippen molar-refractivity contribution >= 4 is 11.6 Å². The first-order valence-corrected chi connectivity index (χ1v) is 5.48. The number of hydrogen-bond donors (Lipinski definition) is 2. The summed E-state index contributed by atoms with van der Waals surface area (Å²) in [5.74, 6) is -0.392. The minimum Gasteiger partial charge on any atom is -0.373 e. The first-order valence-electron chi connectivity index (χ1n) is 5.48. The molecule has 1 atom stereocenters. The Morgan fingerprint density at radius 3 is 2.75 bits per heavy atom. The predicted octanol–water partition coefficient (Wildman–Crippen LogP) is 1.89. The summed E-state index contributed by atoms with van der Waals surface area (Å²) in [5, 5.41) is 3.01. The van der Waals surface area contributed by atoms with Crippen molar-refractivity contribution in [3.63, 3.8) is 0 Å². The lowest BCUT2D eigenvalue weighted by atomic mass is 9.79. The number of nitrogens with one attached hydrogen (secondary N) is 1. The summed E-state index contributed by atoms with van der Waals surface area (Å²) in [7, 11) is 0. The van der Waals surface area contributed by atoms with Gasteiger partial charge in [0.05, 0.1) is 0 Å². The van der Waals surface area contributed by atoms with Gasteiger partial charge in [-0.3, -0.25) is 4.79 Å². The Hall–Kier alpha value is -1.58. The molecule has 0 heterocycles. The van der Waals surface area contributed by atoms with E-state index in [1.165, 1.54) is 12.1 Å². The van der Waals surface area contributed by atoms with Crippen LogP contribution in [0.25, 0.3) is 0 Å². The summed E-state index contributed by atoms with van der Waals surface area (Å²) < 4.78 is 13.0. The molecule has 3 N–H and O–H groups in total. The van der Waals surface area contributed by atoms with Crippen molar-refractivity contribution in [1.29, 1.82) is 0 Å². The van der Waals surface area contributed by atoms with Gasteiger partial charge in [0.1, 0.15) is 11.9 Å². The number of anilines is 1. The number of rotatable bonds is 4. The zero-order valence-corrected chi connectivity index (χ0v) is 8.95. The van der Waals surface area contributed by atoms with E-state index in [4.69, 9.17) is 5.73 Å². The number of carbonyl (C=O) groups excluding carboxylic acids is 1. The average Bonchev–Trinajstić information content (AvgIpc) is 2.14. The Bertz CT molecular complexity index is 390. The number of halogens is 1. The van der Waals surface area contributed by atoms with Gasteiger partial charge in [-0.2, -0.15) is 0 Å². The standard InChI is InChI=1S/C12H15FN2O/c13-9-5-2-6-10(7-9)15-11(12(14)16)8-3-1-4-8/h2,5-8,11,15H,1,3-4H2,(H2,14,16). The molecule has 1 aromatic rings. The van der Waals surface area contributed by atoms with E-state index in [2.05, 4.69) is 5.32 Å². The second-order valence-electron chi connectivity index (χ2n) is 4.23. The summed E-state index contributed by atoms with van der Waals surface area (Å²) in [4.78, 5) is 11.3. The van der Waals surface area contributed by atoms with Gasteiger partial charge in [-0.25, -0.2) is 4.39 Å². The highest BCUT2D eigenvalue weighted by atomic mass is 19.1. The maximum atomic E-state index is 13.0. The molecule has 86 valence electrons. The molecule has 1 unspecified atom stereocenters. The third kappa shape index (κ3) is 2.32. The van der Waals surface area contributed by atoms with Crippen molar-refractivity contribution in [2.75, 3.05) is 5.32 Å². The first kappa shape index (κ1) is 10.9. The van der Waals surface area contributed by atoms with Gasteiger partial charge in [-0.1, -0.05) is 12.5 Å². The highest BCUT2D eigenvalue weighted by Gasteiger charge is 2.31. The molecule has 1 amide bonds. The minimum absolute atomic E-state index is 0.292. The van der Waals surface area contributed by atoms with E-state index in [0.29, 0.717) is 11.6 Å². The van der Waals surface area contributed by atoms with Crippen LogP contribution in [-0.4, -0.2) is 11.9 Å². The topological polar surface area (TPSA) is 55.1 Å².